The van der Waals surface area contributed by atoms with E-state index >= 15 is 0 Å². The Labute approximate surface area is 204 Å². The van der Waals surface area contributed by atoms with Crippen molar-refractivity contribution in [3.63, 3.8) is 0 Å². The van der Waals surface area contributed by atoms with E-state index in [1.165, 1.54) is 4.68 Å². The zero-order valence-electron chi connectivity index (χ0n) is 17.9. The molecule has 1 atom stereocenters. The summed E-state index contributed by atoms with van der Waals surface area (Å²) in [4.78, 5) is 28.7. The average Bonchev–Trinajstić information content (AvgIpc) is 3.27. The lowest BCUT2D eigenvalue weighted by Gasteiger charge is -2.24. The lowest BCUT2D eigenvalue weighted by molar-refractivity contribution is -0.0434. The van der Waals surface area contributed by atoms with Crippen LogP contribution in [0.3, 0.4) is 0 Å². The van der Waals surface area contributed by atoms with Crippen LogP contribution in [0.15, 0.2) is 18.2 Å². The third-order valence-electron chi connectivity index (χ3n) is 5.41. The molecule has 0 bridgehead atoms. The van der Waals surface area contributed by atoms with Gasteiger partial charge in [-0.15, -0.1) is 0 Å². The number of hydrogen-bond donors (Lipinski definition) is 0. The average molecular weight is 514 g/mol. The van der Waals surface area contributed by atoms with Gasteiger partial charge in [0.05, 0.1) is 23.1 Å². The highest BCUT2D eigenvalue weighted by Crippen LogP contribution is 2.48. The van der Waals surface area contributed by atoms with Crippen molar-refractivity contribution in [1.82, 2.24) is 14.2 Å². The van der Waals surface area contributed by atoms with Crippen molar-refractivity contribution in [3.05, 3.63) is 60.8 Å². The quantitative estimate of drug-likeness (QED) is 0.404. The molecule has 2 aromatic heterocycles. The Morgan fingerprint density at radius 1 is 1.22 bits per heavy atom. The van der Waals surface area contributed by atoms with Crippen LogP contribution in [0, 0.1) is 6.92 Å². The van der Waals surface area contributed by atoms with Crippen LogP contribution >= 0.6 is 46.3 Å². The lowest BCUT2D eigenvalue weighted by atomic mass is 9.93. The van der Waals surface area contributed by atoms with Crippen LogP contribution in [0.1, 0.15) is 63.7 Å². The first-order valence-electron chi connectivity index (χ1n) is 9.65. The fourth-order valence-electron chi connectivity index (χ4n) is 4.05. The van der Waals surface area contributed by atoms with E-state index in [9.17, 15) is 9.59 Å². The minimum absolute atomic E-state index is 0.000804. The number of aryl methyl sites for hydroxylation is 2. The zero-order valence-corrected chi connectivity index (χ0v) is 20.9. The summed E-state index contributed by atoms with van der Waals surface area (Å²) in [5, 5.41) is 4.33. The van der Waals surface area contributed by atoms with E-state index in [1.54, 1.807) is 26.1 Å². The Kier molecular flexibility index (Phi) is 5.88. The smallest absolute Gasteiger partial charge is 0.278 e. The molecule has 0 N–H and O–H groups in total. The SMILES string of the molecule is Cc1nn(C)c(Cl)c1C(=O)N(C(=O)c1snc(Cl)c1Cl)c1cccc2c1C(C)OC2(C)C. The first-order valence-corrected chi connectivity index (χ1v) is 11.6. The van der Waals surface area contributed by atoms with E-state index in [0.717, 1.165) is 27.6 Å². The van der Waals surface area contributed by atoms with Crippen LogP contribution in [-0.4, -0.2) is 26.0 Å². The molecule has 1 unspecified atom stereocenters. The Hall–Kier alpha value is -1.97. The summed E-state index contributed by atoms with van der Waals surface area (Å²) in [5.74, 6) is -1.29. The van der Waals surface area contributed by atoms with Crippen molar-refractivity contribution >= 4 is 63.8 Å². The highest BCUT2D eigenvalue weighted by Gasteiger charge is 2.41. The lowest BCUT2D eigenvalue weighted by Crippen LogP contribution is -2.38. The Balaban J connectivity index is 1.96. The van der Waals surface area contributed by atoms with Crippen molar-refractivity contribution < 1.29 is 14.3 Å². The number of aromatic nitrogens is 3. The topological polar surface area (TPSA) is 77.3 Å². The summed E-state index contributed by atoms with van der Waals surface area (Å²) in [5.41, 5.74) is 1.94. The fourth-order valence-corrected chi connectivity index (χ4v) is 5.45. The van der Waals surface area contributed by atoms with E-state index < -0.39 is 17.4 Å². The monoisotopic (exact) mass is 512 g/mol. The van der Waals surface area contributed by atoms with E-state index in [0.29, 0.717) is 11.4 Å². The highest BCUT2D eigenvalue weighted by molar-refractivity contribution is 7.09. The summed E-state index contributed by atoms with van der Waals surface area (Å²) in [6.07, 6.45) is -0.356. The van der Waals surface area contributed by atoms with E-state index in [1.807, 2.05) is 26.8 Å². The molecule has 0 fully saturated rings. The molecule has 1 aliphatic rings. The van der Waals surface area contributed by atoms with E-state index in [-0.39, 0.29) is 31.9 Å². The molecule has 11 heteroatoms. The number of ether oxygens (including phenoxy) is 1. The molecule has 2 amide bonds. The molecule has 7 nitrogen and oxygen atoms in total. The maximum absolute atomic E-state index is 13.8. The molecule has 3 heterocycles. The summed E-state index contributed by atoms with van der Waals surface area (Å²) in [6.45, 7) is 7.41. The minimum Gasteiger partial charge on any atom is -0.363 e. The molecule has 168 valence electrons. The summed E-state index contributed by atoms with van der Waals surface area (Å²) in [7, 11) is 1.62. The molecule has 4 rings (SSSR count). The maximum Gasteiger partial charge on any atom is 0.278 e. The van der Waals surface area contributed by atoms with Gasteiger partial charge in [0.15, 0.2) is 5.15 Å². The highest BCUT2D eigenvalue weighted by atomic mass is 35.5. The molecular weight excluding hydrogens is 495 g/mol. The van der Waals surface area contributed by atoms with Crippen LogP contribution in [0.25, 0.3) is 0 Å². The van der Waals surface area contributed by atoms with Gasteiger partial charge in [-0.25, -0.2) is 4.90 Å². The number of rotatable bonds is 3. The van der Waals surface area contributed by atoms with Gasteiger partial charge < -0.3 is 4.74 Å². The number of amides is 2. The van der Waals surface area contributed by atoms with Gasteiger partial charge in [0.25, 0.3) is 11.8 Å². The zero-order chi connectivity index (χ0) is 23.5. The third-order valence-corrected chi connectivity index (χ3v) is 7.63. The first kappa shape index (κ1) is 23.2. The second-order valence-corrected chi connectivity index (χ2v) is 9.81. The molecule has 1 aliphatic heterocycles. The van der Waals surface area contributed by atoms with Gasteiger partial charge in [-0.05, 0) is 50.9 Å². The van der Waals surface area contributed by atoms with Crippen LogP contribution in [0.4, 0.5) is 5.69 Å². The molecule has 0 saturated carbocycles. The number of carbonyl (C=O) groups is 2. The maximum atomic E-state index is 13.8. The number of benzene rings is 1. The van der Waals surface area contributed by atoms with Crippen molar-refractivity contribution in [1.29, 1.82) is 0 Å². The van der Waals surface area contributed by atoms with E-state index in [2.05, 4.69) is 9.47 Å². The van der Waals surface area contributed by atoms with E-state index in [4.69, 9.17) is 39.5 Å². The predicted octanol–water partition coefficient (Wildman–Crippen LogP) is 5.96. The molecular formula is C21H19Cl3N4O3S. The van der Waals surface area contributed by atoms with Gasteiger partial charge >= 0.3 is 0 Å². The number of imide groups is 1. The molecule has 32 heavy (non-hydrogen) atoms. The number of fused-ring (bicyclic) bond motifs is 1. The predicted molar refractivity (Wildman–Crippen MR) is 125 cm³/mol. The van der Waals surface area contributed by atoms with Crippen molar-refractivity contribution in [2.24, 2.45) is 7.05 Å². The van der Waals surface area contributed by atoms with Crippen LogP contribution in [0.5, 0.6) is 0 Å². The van der Waals surface area contributed by atoms with Gasteiger partial charge in [0.2, 0.25) is 0 Å². The summed E-state index contributed by atoms with van der Waals surface area (Å²) < 4.78 is 11.4. The Bertz CT molecular complexity index is 1270. The minimum atomic E-state index is -0.658. The first-order chi connectivity index (χ1) is 15.0. The second-order valence-electron chi connectivity index (χ2n) is 7.95. The summed E-state index contributed by atoms with van der Waals surface area (Å²) >= 11 is 19.4. The molecule has 0 radical (unpaired) electrons. The summed E-state index contributed by atoms with van der Waals surface area (Å²) in [6, 6.07) is 5.41. The van der Waals surface area contributed by atoms with Crippen LogP contribution < -0.4 is 4.90 Å². The standard InChI is InChI=1S/C21H19Cl3N4O3S/c1-9-13(18(24)27(5)25-9)19(29)28(20(30)16-15(22)17(23)26-32-16)12-8-6-7-11-14(12)10(2)31-21(11,3)4/h6-8,10H,1-5H3. The largest absolute Gasteiger partial charge is 0.363 e. The Morgan fingerprint density at radius 2 is 1.91 bits per heavy atom. The van der Waals surface area contributed by atoms with Gasteiger partial charge in [-0.1, -0.05) is 46.9 Å². The van der Waals surface area contributed by atoms with Gasteiger partial charge in [-0.2, -0.15) is 9.47 Å². The molecule has 1 aromatic carbocycles. The number of hydrogen-bond acceptors (Lipinski definition) is 6. The third kappa shape index (κ3) is 3.54. The molecule has 0 spiro atoms. The van der Waals surface area contributed by atoms with Gasteiger partial charge in [0, 0.05) is 12.6 Å². The van der Waals surface area contributed by atoms with Crippen molar-refractivity contribution in [2.75, 3.05) is 4.90 Å². The number of nitrogens with zero attached hydrogens (tertiary/aromatic N) is 4. The second kappa shape index (κ2) is 8.11. The number of carbonyl (C=O) groups excluding carboxylic acids is 2. The number of anilines is 1. The fraction of sp³-hybridized carbons (Fsp3) is 0.333. The Morgan fingerprint density at radius 3 is 2.47 bits per heavy atom. The van der Waals surface area contributed by atoms with Gasteiger partial charge in [0.1, 0.15) is 20.6 Å². The molecule has 0 saturated heterocycles. The van der Waals surface area contributed by atoms with Gasteiger partial charge in [-0.3, -0.25) is 14.3 Å². The van der Waals surface area contributed by atoms with Crippen LogP contribution in [0.2, 0.25) is 15.3 Å². The normalized spacial score (nSPS) is 16.8. The molecule has 0 aliphatic carbocycles. The van der Waals surface area contributed by atoms with Crippen molar-refractivity contribution in [2.45, 2.75) is 39.4 Å². The number of halogens is 3. The molecule has 3 aromatic rings. The van der Waals surface area contributed by atoms with Crippen LogP contribution in [-0.2, 0) is 17.4 Å². The van der Waals surface area contributed by atoms with Crippen molar-refractivity contribution in [3.8, 4) is 0 Å².